The van der Waals surface area contributed by atoms with Gasteiger partial charge in [0.2, 0.25) is 5.78 Å². The van der Waals surface area contributed by atoms with E-state index in [0.717, 1.165) is 16.9 Å². The van der Waals surface area contributed by atoms with Gasteiger partial charge in [-0.15, -0.1) is 0 Å². The van der Waals surface area contributed by atoms with Crippen LogP contribution < -0.4 is 4.57 Å². The Kier molecular flexibility index (Phi) is 4.30. The number of carbonyl (C=O) groups is 1. The predicted molar refractivity (Wildman–Crippen MR) is 92.8 cm³/mol. The number of imidazole rings is 1. The molecule has 0 fully saturated rings. The van der Waals surface area contributed by atoms with Crippen molar-refractivity contribution in [3.8, 4) is 0 Å². The molecule has 0 N–H and O–H groups in total. The summed E-state index contributed by atoms with van der Waals surface area (Å²) in [6.07, 6.45) is 1.87. The molecule has 0 aliphatic heterocycles. The van der Waals surface area contributed by atoms with E-state index >= 15 is 0 Å². The molecule has 0 unspecified atom stereocenters. The number of nitrogens with zero attached hydrogens (tertiary/aromatic N) is 2. The van der Waals surface area contributed by atoms with E-state index in [-0.39, 0.29) is 5.78 Å². The second-order valence-corrected chi connectivity index (χ2v) is 5.89. The Bertz CT molecular complexity index is 878. The molecule has 1 heterocycles. The zero-order chi connectivity index (χ0) is 16.4. The van der Waals surface area contributed by atoms with Crippen LogP contribution in [0.25, 0.3) is 11.0 Å². The van der Waals surface area contributed by atoms with Crippen molar-refractivity contribution in [2.24, 2.45) is 0 Å². The first-order valence-electron chi connectivity index (χ1n) is 7.49. The number of Topliss-reactive ketones (excluding diaryl/α,β-unsaturated/α-hetero) is 1. The molecule has 4 heteroatoms. The Morgan fingerprint density at radius 3 is 2.61 bits per heavy atom. The van der Waals surface area contributed by atoms with Crippen LogP contribution in [0.5, 0.6) is 0 Å². The summed E-state index contributed by atoms with van der Waals surface area (Å²) in [4.78, 5) is 12.6. The number of ketones is 1. The molecule has 0 bridgehead atoms. The van der Waals surface area contributed by atoms with Gasteiger partial charge in [-0.1, -0.05) is 36.4 Å². The van der Waals surface area contributed by atoms with E-state index < -0.39 is 0 Å². The van der Waals surface area contributed by atoms with Crippen LogP contribution in [-0.4, -0.2) is 10.4 Å². The van der Waals surface area contributed by atoms with E-state index in [1.807, 2.05) is 31.2 Å². The van der Waals surface area contributed by atoms with Gasteiger partial charge in [0.25, 0.3) is 5.82 Å². The molecule has 1 aromatic heterocycles. The number of hydrogen-bond donors (Lipinski definition) is 0. The van der Waals surface area contributed by atoms with Gasteiger partial charge in [0.05, 0.1) is 0 Å². The quantitative estimate of drug-likeness (QED) is 0.396. The van der Waals surface area contributed by atoms with Crippen molar-refractivity contribution in [2.45, 2.75) is 20.0 Å². The van der Waals surface area contributed by atoms with Crippen LogP contribution in [0.4, 0.5) is 0 Å². The molecule has 0 spiro atoms. The Hall–Kier alpha value is -2.39. The molecular weight excluding hydrogens is 308 g/mol. The van der Waals surface area contributed by atoms with Gasteiger partial charge >= 0.3 is 0 Å². The molecule has 0 saturated heterocycles. The van der Waals surface area contributed by atoms with Gasteiger partial charge in [0.1, 0.15) is 6.54 Å². The number of hydrogen-bond acceptors (Lipinski definition) is 1. The highest BCUT2D eigenvalue weighted by molar-refractivity contribution is 6.30. The summed E-state index contributed by atoms with van der Waals surface area (Å²) in [6.45, 7) is 6.87. The predicted octanol–water partition coefficient (Wildman–Crippen LogP) is 3.96. The number of para-hydroxylation sites is 2. The molecule has 3 rings (SSSR count). The lowest BCUT2D eigenvalue weighted by atomic mass is 10.1. The molecule has 3 nitrogen and oxygen atoms in total. The van der Waals surface area contributed by atoms with Crippen LogP contribution in [0.15, 0.2) is 61.2 Å². The molecule has 0 aliphatic rings. The van der Waals surface area contributed by atoms with Crippen LogP contribution in [0.1, 0.15) is 16.2 Å². The number of halogens is 1. The van der Waals surface area contributed by atoms with Crippen molar-refractivity contribution >= 4 is 28.4 Å². The Labute approximate surface area is 140 Å². The fraction of sp³-hybridized carbons (Fsp3) is 0.158. The summed E-state index contributed by atoms with van der Waals surface area (Å²) in [5, 5.41) is 0.632. The largest absolute Gasteiger partial charge is 0.290 e. The van der Waals surface area contributed by atoms with Crippen LogP contribution in [0.3, 0.4) is 0 Å². The van der Waals surface area contributed by atoms with Gasteiger partial charge in [0, 0.05) is 17.5 Å². The summed E-state index contributed by atoms with van der Waals surface area (Å²) in [7, 11) is 0. The van der Waals surface area contributed by atoms with Crippen molar-refractivity contribution in [3.63, 3.8) is 0 Å². The first-order valence-corrected chi connectivity index (χ1v) is 7.87. The average molecular weight is 326 g/mol. The van der Waals surface area contributed by atoms with E-state index in [1.54, 1.807) is 24.3 Å². The molecule has 0 saturated carbocycles. The average Bonchev–Trinajstić information content (AvgIpc) is 2.82. The number of carbonyl (C=O) groups excluding carboxylic acids is 1. The molecule has 116 valence electrons. The lowest BCUT2D eigenvalue weighted by Gasteiger charge is -2.01. The second kappa shape index (κ2) is 6.39. The zero-order valence-corrected chi connectivity index (χ0v) is 13.8. The third-order valence-corrected chi connectivity index (χ3v) is 4.28. The first kappa shape index (κ1) is 15.5. The van der Waals surface area contributed by atoms with E-state index in [4.69, 9.17) is 11.6 Å². The molecule has 0 amide bonds. The van der Waals surface area contributed by atoms with Crippen molar-refractivity contribution in [1.29, 1.82) is 0 Å². The Morgan fingerprint density at radius 1 is 1.22 bits per heavy atom. The normalized spacial score (nSPS) is 10.9. The monoisotopic (exact) mass is 325 g/mol. The van der Waals surface area contributed by atoms with Gasteiger partial charge < -0.3 is 0 Å². The van der Waals surface area contributed by atoms with E-state index in [9.17, 15) is 4.79 Å². The zero-order valence-electron chi connectivity index (χ0n) is 13.0. The molecular formula is C19H18ClN2O+. The second-order valence-electron chi connectivity index (χ2n) is 5.45. The van der Waals surface area contributed by atoms with Gasteiger partial charge in [-0.25, -0.2) is 9.13 Å². The van der Waals surface area contributed by atoms with Crippen LogP contribution in [0.2, 0.25) is 5.02 Å². The van der Waals surface area contributed by atoms with Crippen LogP contribution in [0, 0.1) is 6.92 Å². The summed E-state index contributed by atoms with van der Waals surface area (Å²) >= 11 is 5.89. The SMILES string of the molecule is C=CCn1c(C)[n+](CC(=O)c2ccc(Cl)cc2)c2ccccc21. The fourth-order valence-electron chi connectivity index (χ4n) is 2.84. The smallest absolute Gasteiger partial charge is 0.254 e. The number of benzene rings is 2. The van der Waals surface area contributed by atoms with Gasteiger partial charge in [-0.3, -0.25) is 4.79 Å². The molecule has 0 radical (unpaired) electrons. The topological polar surface area (TPSA) is 25.9 Å². The van der Waals surface area contributed by atoms with Crippen molar-refractivity contribution in [3.05, 3.63) is 77.6 Å². The maximum Gasteiger partial charge on any atom is 0.254 e. The van der Waals surface area contributed by atoms with Gasteiger partial charge in [0.15, 0.2) is 17.6 Å². The molecule has 23 heavy (non-hydrogen) atoms. The highest BCUT2D eigenvalue weighted by Gasteiger charge is 2.22. The highest BCUT2D eigenvalue weighted by Crippen LogP contribution is 2.15. The molecule has 3 aromatic rings. The summed E-state index contributed by atoms with van der Waals surface area (Å²) in [5.74, 6) is 1.10. The summed E-state index contributed by atoms with van der Waals surface area (Å²) in [6, 6.07) is 15.1. The first-order chi connectivity index (χ1) is 11.1. The lowest BCUT2D eigenvalue weighted by molar-refractivity contribution is -0.664. The Morgan fingerprint density at radius 2 is 1.91 bits per heavy atom. The van der Waals surface area contributed by atoms with E-state index in [1.165, 1.54) is 0 Å². The third-order valence-electron chi connectivity index (χ3n) is 4.02. The Balaban J connectivity index is 2.02. The summed E-state index contributed by atoms with van der Waals surface area (Å²) in [5.41, 5.74) is 2.82. The minimum absolute atomic E-state index is 0.0660. The molecule has 2 aromatic carbocycles. The third kappa shape index (κ3) is 2.92. The standard InChI is InChI=1S/C19H18ClN2O/c1-3-12-21-14(2)22(18-7-5-4-6-17(18)21)13-19(23)15-8-10-16(20)11-9-15/h3-11H,1,12-13H2,2H3/q+1. The number of allylic oxidation sites excluding steroid dienone is 1. The van der Waals surface area contributed by atoms with Crippen molar-refractivity contribution in [2.75, 3.05) is 0 Å². The minimum atomic E-state index is 0.0660. The van der Waals surface area contributed by atoms with Gasteiger partial charge in [-0.2, -0.15) is 0 Å². The fourth-order valence-corrected chi connectivity index (χ4v) is 2.97. The molecule has 0 aliphatic carbocycles. The number of fused-ring (bicyclic) bond motifs is 1. The maximum atomic E-state index is 12.6. The summed E-state index contributed by atoms with van der Waals surface area (Å²) < 4.78 is 4.22. The van der Waals surface area contributed by atoms with E-state index in [2.05, 4.69) is 21.8 Å². The lowest BCUT2D eigenvalue weighted by Crippen LogP contribution is -2.40. The van der Waals surface area contributed by atoms with Crippen LogP contribution in [-0.2, 0) is 13.1 Å². The van der Waals surface area contributed by atoms with Gasteiger partial charge in [-0.05, 0) is 36.4 Å². The highest BCUT2D eigenvalue weighted by atomic mass is 35.5. The number of aromatic nitrogens is 2. The van der Waals surface area contributed by atoms with Crippen molar-refractivity contribution < 1.29 is 9.36 Å². The van der Waals surface area contributed by atoms with Crippen molar-refractivity contribution in [1.82, 2.24) is 4.57 Å². The minimum Gasteiger partial charge on any atom is -0.290 e. The maximum absolute atomic E-state index is 12.6. The van der Waals surface area contributed by atoms with E-state index in [0.29, 0.717) is 23.7 Å². The number of rotatable bonds is 5. The molecule has 0 atom stereocenters. The van der Waals surface area contributed by atoms with Crippen LogP contribution >= 0.6 is 11.6 Å².